The number of benzene rings is 1. The fourth-order valence-corrected chi connectivity index (χ4v) is 1.35. The number of nitrogens with zero attached hydrogens (tertiary/aromatic N) is 1. The molecule has 1 heterocycles. The van der Waals surface area contributed by atoms with Crippen molar-refractivity contribution in [3.63, 3.8) is 0 Å². The second-order valence-corrected chi connectivity index (χ2v) is 2.87. The van der Waals surface area contributed by atoms with Crippen molar-refractivity contribution in [2.24, 2.45) is 0 Å². The normalized spacial score (nSPS) is 15.4. The Morgan fingerprint density at radius 3 is 3.00 bits per heavy atom. The van der Waals surface area contributed by atoms with Gasteiger partial charge in [-0.15, -0.1) is 0 Å². The number of hydrogen-bond donors (Lipinski definition) is 0. The van der Waals surface area contributed by atoms with Crippen LogP contribution in [0.1, 0.15) is 5.56 Å². The van der Waals surface area contributed by atoms with E-state index in [2.05, 4.69) is 18.7 Å². The molecule has 1 aliphatic rings. The predicted molar refractivity (Wildman–Crippen MR) is 48.8 cm³/mol. The van der Waals surface area contributed by atoms with Crippen LogP contribution < -0.4 is 4.90 Å². The number of fused-ring (bicyclic) bond motifs is 1. The summed E-state index contributed by atoms with van der Waals surface area (Å²) in [5.74, 6) is 0.716. The Morgan fingerprint density at radius 1 is 1.42 bits per heavy atom. The van der Waals surface area contributed by atoms with Crippen LogP contribution >= 0.6 is 0 Å². The minimum absolute atomic E-state index is 0.638. The molecule has 0 bridgehead atoms. The highest BCUT2D eigenvalue weighted by atomic mass is 16.5. The lowest BCUT2D eigenvalue weighted by atomic mass is 10.1. The fraction of sp³-hybridized carbons (Fsp3) is 0.200. The lowest BCUT2D eigenvalue weighted by Gasteiger charge is -2.29. The maximum Gasteiger partial charge on any atom is 0.186 e. The molecular weight excluding hydrogens is 150 g/mol. The smallest absolute Gasteiger partial charge is 0.186 e. The number of anilines is 1. The molecule has 2 rings (SSSR count). The van der Waals surface area contributed by atoms with E-state index in [9.17, 15) is 0 Å². The van der Waals surface area contributed by atoms with E-state index in [4.69, 9.17) is 4.74 Å². The molecule has 0 N–H and O–H groups in total. The zero-order valence-corrected chi connectivity index (χ0v) is 7.08. The highest BCUT2D eigenvalue weighted by Crippen LogP contribution is 2.28. The van der Waals surface area contributed by atoms with Gasteiger partial charge in [-0.1, -0.05) is 18.2 Å². The minimum atomic E-state index is 0.638. The molecule has 1 aliphatic heterocycles. The van der Waals surface area contributed by atoms with Crippen molar-refractivity contribution < 1.29 is 4.74 Å². The van der Waals surface area contributed by atoms with Crippen LogP contribution in [0.3, 0.4) is 0 Å². The molecule has 62 valence electrons. The zero-order chi connectivity index (χ0) is 8.55. The molecule has 0 aromatic heterocycles. The van der Waals surface area contributed by atoms with Gasteiger partial charge in [0.1, 0.15) is 6.61 Å². The quantitative estimate of drug-likeness (QED) is 0.578. The van der Waals surface area contributed by atoms with Crippen molar-refractivity contribution in [3.05, 3.63) is 42.3 Å². The summed E-state index contributed by atoms with van der Waals surface area (Å²) in [6.45, 7) is 4.44. The van der Waals surface area contributed by atoms with Crippen molar-refractivity contribution in [3.8, 4) is 0 Å². The zero-order valence-electron chi connectivity index (χ0n) is 7.08. The summed E-state index contributed by atoms with van der Waals surface area (Å²) in [6.07, 6.45) is 0. The van der Waals surface area contributed by atoms with Crippen molar-refractivity contribution in [2.45, 2.75) is 6.61 Å². The first-order chi connectivity index (χ1) is 5.79. The van der Waals surface area contributed by atoms with Gasteiger partial charge in [0.05, 0.1) is 5.69 Å². The SMILES string of the molecule is C=C1OCc2ccccc2N1C. The second-order valence-electron chi connectivity index (χ2n) is 2.87. The maximum absolute atomic E-state index is 5.35. The molecule has 0 fully saturated rings. The number of ether oxygens (including phenoxy) is 1. The summed E-state index contributed by atoms with van der Waals surface area (Å²) >= 11 is 0. The molecule has 2 heteroatoms. The van der Waals surface area contributed by atoms with E-state index in [1.165, 1.54) is 11.3 Å². The van der Waals surface area contributed by atoms with Gasteiger partial charge in [0.2, 0.25) is 0 Å². The number of hydrogen-bond acceptors (Lipinski definition) is 2. The highest BCUT2D eigenvalue weighted by Gasteiger charge is 2.15. The van der Waals surface area contributed by atoms with Gasteiger partial charge in [-0.2, -0.15) is 0 Å². The van der Waals surface area contributed by atoms with Gasteiger partial charge in [0.15, 0.2) is 5.88 Å². The maximum atomic E-state index is 5.35. The van der Waals surface area contributed by atoms with Crippen LogP contribution in [-0.4, -0.2) is 7.05 Å². The molecule has 0 radical (unpaired) electrons. The fourth-order valence-electron chi connectivity index (χ4n) is 1.35. The standard InChI is InChI=1S/C10H11NO/c1-8-11(2)10-6-4-3-5-9(10)7-12-8/h3-6H,1,7H2,2H3. The first-order valence-corrected chi connectivity index (χ1v) is 3.92. The van der Waals surface area contributed by atoms with Crippen LogP contribution in [0.25, 0.3) is 0 Å². The third-order valence-corrected chi connectivity index (χ3v) is 2.12. The Bertz CT molecular complexity index is 319. The number of para-hydroxylation sites is 1. The lowest BCUT2D eigenvalue weighted by molar-refractivity contribution is 0.185. The molecule has 1 aromatic carbocycles. The second kappa shape index (κ2) is 2.55. The molecule has 0 saturated carbocycles. The molecule has 0 amide bonds. The summed E-state index contributed by atoms with van der Waals surface area (Å²) in [7, 11) is 1.96. The summed E-state index contributed by atoms with van der Waals surface area (Å²) < 4.78 is 5.35. The van der Waals surface area contributed by atoms with Gasteiger partial charge >= 0.3 is 0 Å². The van der Waals surface area contributed by atoms with Gasteiger partial charge in [0.25, 0.3) is 0 Å². The lowest BCUT2D eigenvalue weighted by Crippen LogP contribution is -2.23. The third-order valence-electron chi connectivity index (χ3n) is 2.12. The first kappa shape index (κ1) is 7.22. The van der Waals surface area contributed by atoms with E-state index in [1.54, 1.807) is 0 Å². The van der Waals surface area contributed by atoms with Crippen LogP contribution in [-0.2, 0) is 11.3 Å². The molecular formula is C10H11NO. The van der Waals surface area contributed by atoms with Crippen LogP contribution in [0.15, 0.2) is 36.7 Å². The molecule has 0 saturated heterocycles. The minimum Gasteiger partial charge on any atom is -0.474 e. The van der Waals surface area contributed by atoms with Gasteiger partial charge < -0.3 is 9.64 Å². The molecule has 0 aliphatic carbocycles. The topological polar surface area (TPSA) is 12.5 Å². The van der Waals surface area contributed by atoms with Crippen LogP contribution in [0, 0.1) is 0 Å². The van der Waals surface area contributed by atoms with E-state index in [0.29, 0.717) is 12.5 Å². The van der Waals surface area contributed by atoms with Crippen molar-refractivity contribution in [2.75, 3.05) is 11.9 Å². The third kappa shape index (κ3) is 0.961. The Morgan fingerprint density at radius 2 is 2.17 bits per heavy atom. The van der Waals surface area contributed by atoms with E-state index < -0.39 is 0 Å². The Hall–Kier alpha value is -1.44. The Balaban J connectivity index is 2.48. The molecule has 12 heavy (non-hydrogen) atoms. The van der Waals surface area contributed by atoms with E-state index in [0.717, 1.165) is 0 Å². The highest BCUT2D eigenvalue weighted by molar-refractivity contribution is 5.57. The van der Waals surface area contributed by atoms with E-state index >= 15 is 0 Å². The monoisotopic (exact) mass is 161 g/mol. The predicted octanol–water partition coefficient (Wildman–Crippen LogP) is 2.12. The first-order valence-electron chi connectivity index (χ1n) is 3.92. The van der Waals surface area contributed by atoms with Crippen molar-refractivity contribution in [1.29, 1.82) is 0 Å². The van der Waals surface area contributed by atoms with Crippen molar-refractivity contribution in [1.82, 2.24) is 0 Å². The summed E-state index contributed by atoms with van der Waals surface area (Å²) in [5, 5.41) is 0. The average molecular weight is 161 g/mol. The van der Waals surface area contributed by atoms with Gasteiger partial charge in [-0.25, -0.2) is 0 Å². The molecule has 2 nitrogen and oxygen atoms in total. The largest absolute Gasteiger partial charge is 0.474 e. The van der Waals surface area contributed by atoms with Crippen LogP contribution in [0.2, 0.25) is 0 Å². The average Bonchev–Trinajstić information content (AvgIpc) is 2.12. The van der Waals surface area contributed by atoms with Crippen molar-refractivity contribution >= 4 is 5.69 Å². The van der Waals surface area contributed by atoms with Gasteiger partial charge in [-0.3, -0.25) is 0 Å². The molecule has 0 atom stereocenters. The molecule has 0 spiro atoms. The van der Waals surface area contributed by atoms with Crippen LogP contribution in [0.4, 0.5) is 5.69 Å². The molecule has 1 aromatic rings. The summed E-state index contributed by atoms with van der Waals surface area (Å²) in [5.41, 5.74) is 2.40. The number of rotatable bonds is 0. The summed E-state index contributed by atoms with van der Waals surface area (Å²) in [4.78, 5) is 1.96. The van der Waals surface area contributed by atoms with Gasteiger partial charge in [-0.05, 0) is 12.6 Å². The molecule has 0 unspecified atom stereocenters. The van der Waals surface area contributed by atoms with E-state index in [-0.39, 0.29) is 0 Å². The Kier molecular flexibility index (Phi) is 1.54. The van der Waals surface area contributed by atoms with E-state index in [1.807, 2.05) is 24.1 Å². The Labute approximate surface area is 72.1 Å². The van der Waals surface area contributed by atoms with Gasteiger partial charge in [0, 0.05) is 12.6 Å². The van der Waals surface area contributed by atoms with Crippen LogP contribution in [0.5, 0.6) is 0 Å². The summed E-state index contributed by atoms with van der Waals surface area (Å²) in [6, 6.07) is 8.18.